The maximum absolute atomic E-state index is 12.5. The number of likely N-dealkylation sites (tertiary alicyclic amines) is 1. The molecule has 0 radical (unpaired) electrons. The van der Waals surface area contributed by atoms with Gasteiger partial charge in [-0.3, -0.25) is 4.79 Å². The minimum Gasteiger partial charge on any atom is -0.497 e. The van der Waals surface area contributed by atoms with Crippen molar-refractivity contribution in [3.05, 3.63) is 64.0 Å². The van der Waals surface area contributed by atoms with Crippen molar-refractivity contribution in [1.29, 1.82) is 0 Å². The third-order valence-corrected chi connectivity index (χ3v) is 7.13. The molecule has 0 unspecified atom stereocenters. The maximum atomic E-state index is 12.5. The van der Waals surface area contributed by atoms with Gasteiger partial charge in [-0.15, -0.1) is 10.2 Å². The second-order valence-corrected chi connectivity index (χ2v) is 9.18. The highest BCUT2D eigenvalue weighted by molar-refractivity contribution is 5.71. The summed E-state index contributed by atoms with van der Waals surface area (Å²) in [5, 5.41) is 13.3. The molecule has 170 valence electrons. The minimum atomic E-state index is -0.257. The largest absolute Gasteiger partial charge is 0.497 e. The Morgan fingerprint density at radius 2 is 1.91 bits per heavy atom. The fourth-order valence-electron chi connectivity index (χ4n) is 4.95. The molecule has 1 N–H and O–H groups in total. The molecule has 9 heteroatoms. The smallest absolute Gasteiger partial charge is 0.253 e. The van der Waals surface area contributed by atoms with E-state index in [1.165, 1.54) is 0 Å². The van der Waals surface area contributed by atoms with Gasteiger partial charge in [0.15, 0.2) is 0 Å². The quantitative estimate of drug-likeness (QED) is 0.503. The van der Waals surface area contributed by atoms with Crippen molar-refractivity contribution in [1.82, 2.24) is 29.7 Å². The summed E-state index contributed by atoms with van der Waals surface area (Å²) in [6.45, 7) is 2.01. The second kappa shape index (κ2) is 7.55. The molecular weight excluding hydrogens is 420 g/mol. The molecule has 0 atom stereocenters. The van der Waals surface area contributed by atoms with Crippen molar-refractivity contribution in [3.8, 4) is 17.2 Å². The van der Waals surface area contributed by atoms with E-state index in [0.717, 1.165) is 55.8 Å². The molecule has 0 bridgehead atoms. The fourth-order valence-corrected chi connectivity index (χ4v) is 4.95. The van der Waals surface area contributed by atoms with Crippen LogP contribution in [0.3, 0.4) is 0 Å². The molecule has 0 amide bonds. The summed E-state index contributed by atoms with van der Waals surface area (Å²) in [4.78, 5) is 17.8. The number of ether oxygens (including phenoxy) is 1. The standard InChI is InChI=1S/C24H26N6O3/c1-29-11-7-15(8-12-29)19-13-20(31)26-21-18(14-25-30(19)21)22-27-28-23(33-22)24(9-10-24)16-3-5-17(32-2)6-4-16/h3-6,13-15H,7-12H2,1-2H3,(H,26,31). The number of hydrogen-bond donors (Lipinski definition) is 1. The molecule has 1 saturated carbocycles. The van der Waals surface area contributed by atoms with Crippen molar-refractivity contribution < 1.29 is 9.15 Å². The molecule has 33 heavy (non-hydrogen) atoms. The van der Waals surface area contributed by atoms with Crippen LogP contribution in [0, 0.1) is 0 Å². The summed E-state index contributed by atoms with van der Waals surface area (Å²) >= 11 is 0. The van der Waals surface area contributed by atoms with Crippen LogP contribution in [0.5, 0.6) is 5.75 Å². The Hall–Kier alpha value is -3.46. The summed E-state index contributed by atoms with van der Waals surface area (Å²) in [6.07, 6.45) is 5.60. The zero-order chi connectivity index (χ0) is 22.6. The average molecular weight is 447 g/mol. The first kappa shape index (κ1) is 20.2. The van der Waals surface area contributed by atoms with E-state index in [2.05, 4.69) is 44.4 Å². The molecule has 6 rings (SSSR count). The number of nitrogens with one attached hydrogen (secondary N) is 1. The van der Waals surface area contributed by atoms with Crippen molar-refractivity contribution in [2.24, 2.45) is 0 Å². The molecule has 2 aliphatic rings. The molecule has 3 aromatic heterocycles. The van der Waals surface area contributed by atoms with Gasteiger partial charge in [0, 0.05) is 12.0 Å². The number of benzene rings is 1. The molecular formula is C24H26N6O3. The monoisotopic (exact) mass is 446 g/mol. The molecule has 0 spiro atoms. The first-order valence-electron chi connectivity index (χ1n) is 11.4. The number of hydrogen-bond acceptors (Lipinski definition) is 7. The normalized spacial score (nSPS) is 18.6. The fraction of sp³-hybridized carbons (Fsp3) is 0.417. The number of methoxy groups -OCH3 is 1. The van der Waals surface area contributed by atoms with Crippen LogP contribution in [0.15, 0.2) is 45.7 Å². The predicted octanol–water partition coefficient (Wildman–Crippen LogP) is 2.97. The molecule has 1 aromatic carbocycles. The van der Waals surface area contributed by atoms with Gasteiger partial charge in [-0.25, -0.2) is 4.52 Å². The minimum absolute atomic E-state index is 0.144. The summed E-state index contributed by atoms with van der Waals surface area (Å²) in [5.41, 5.74) is 2.91. The van der Waals surface area contributed by atoms with Crippen LogP contribution < -0.4 is 10.3 Å². The highest BCUT2D eigenvalue weighted by atomic mass is 16.5. The van der Waals surface area contributed by atoms with E-state index in [-0.39, 0.29) is 11.0 Å². The summed E-state index contributed by atoms with van der Waals surface area (Å²) in [7, 11) is 3.78. The highest BCUT2D eigenvalue weighted by Crippen LogP contribution is 2.53. The van der Waals surface area contributed by atoms with Gasteiger partial charge in [0.1, 0.15) is 17.0 Å². The van der Waals surface area contributed by atoms with Crippen molar-refractivity contribution in [3.63, 3.8) is 0 Å². The molecule has 2 fully saturated rings. The number of H-pyrrole nitrogens is 1. The molecule has 9 nitrogen and oxygen atoms in total. The molecule has 1 aliphatic heterocycles. The maximum Gasteiger partial charge on any atom is 0.253 e. The SMILES string of the molecule is COc1ccc(C2(c3nnc(-c4cnn5c(C6CCN(C)CC6)cc(=O)[nH]c45)o3)CC2)cc1. The molecule has 4 aromatic rings. The highest BCUT2D eigenvalue weighted by Gasteiger charge is 2.51. The number of rotatable bonds is 5. The van der Waals surface area contributed by atoms with Gasteiger partial charge in [-0.05, 0) is 63.5 Å². The number of nitrogens with zero attached hydrogens (tertiary/aromatic N) is 5. The zero-order valence-corrected chi connectivity index (χ0v) is 18.7. The number of piperidine rings is 1. The van der Waals surface area contributed by atoms with Crippen molar-refractivity contribution in [2.75, 3.05) is 27.2 Å². The lowest BCUT2D eigenvalue weighted by Gasteiger charge is -2.29. The Morgan fingerprint density at radius 1 is 1.15 bits per heavy atom. The number of aromatic nitrogens is 5. The van der Waals surface area contributed by atoms with E-state index in [1.54, 1.807) is 19.4 Å². The summed E-state index contributed by atoms with van der Waals surface area (Å²) in [5.74, 6) is 2.07. The lowest BCUT2D eigenvalue weighted by atomic mass is 9.93. The van der Waals surface area contributed by atoms with Gasteiger partial charge >= 0.3 is 0 Å². The van der Waals surface area contributed by atoms with Crippen LogP contribution in [-0.4, -0.2) is 56.9 Å². The van der Waals surface area contributed by atoms with Gasteiger partial charge < -0.3 is 19.0 Å². The lowest BCUT2D eigenvalue weighted by molar-refractivity contribution is 0.252. The van der Waals surface area contributed by atoms with Gasteiger partial charge in [-0.2, -0.15) is 5.10 Å². The van der Waals surface area contributed by atoms with Crippen LogP contribution in [0.25, 0.3) is 17.1 Å². The van der Waals surface area contributed by atoms with E-state index in [4.69, 9.17) is 9.15 Å². The molecule has 1 saturated heterocycles. The van der Waals surface area contributed by atoms with E-state index in [9.17, 15) is 4.79 Å². The first-order chi connectivity index (χ1) is 16.1. The Balaban J connectivity index is 1.36. The Bertz CT molecular complexity index is 1360. The first-order valence-corrected chi connectivity index (χ1v) is 11.4. The van der Waals surface area contributed by atoms with E-state index >= 15 is 0 Å². The van der Waals surface area contributed by atoms with Gasteiger partial charge in [-0.1, -0.05) is 12.1 Å². The Morgan fingerprint density at radius 3 is 2.61 bits per heavy atom. The summed E-state index contributed by atoms with van der Waals surface area (Å²) in [6, 6.07) is 9.68. The van der Waals surface area contributed by atoms with Gasteiger partial charge in [0.25, 0.3) is 11.4 Å². The van der Waals surface area contributed by atoms with Gasteiger partial charge in [0.05, 0.1) is 24.4 Å². The van der Waals surface area contributed by atoms with Crippen LogP contribution in [0.1, 0.15) is 48.7 Å². The topological polar surface area (TPSA) is 102 Å². The third kappa shape index (κ3) is 3.34. The lowest BCUT2D eigenvalue weighted by Crippen LogP contribution is -2.30. The Labute approximate surface area is 190 Å². The van der Waals surface area contributed by atoms with E-state index in [1.807, 2.05) is 16.6 Å². The van der Waals surface area contributed by atoms with Crippen LogP contribution in [0.4, 0.5) is 0 Å². The van der Waals surface area contributed by atoms with Gasteiger partial charge in [0.2, 0.25) is 5.89 Å². The zero-order valence-electron chi connectivity index (χ0n) is 18.7. The van der Waals surface area contributed by atoms with Crippen molar-refractivity contribution in [2.45, 2.75) is 37.0 Å². The average Bonchev–Trinajstić information content (AvgIpc) is 3.30. The van der Waals surface area contributed by atoms with E-state index < -0.39 is 0 Å². The summed E-state index contributed by atoms with van der Waals surface area (Å²) < 4.78 is 13.3. The number of fused-ring (bicyclic) bond motifs is 1. The predicted molar refractivity (Wildman–Crippen MR) is 122 cm³/mol. The molecule has 1 aliphatic carbocycles. The van der Waals surface area contributed by atoms with Crippen LogP contribution in [0.2, 0.25) is 0 Å². The van der Waals surface area contributed by atoms with Crippen LogP contribution >= 0.6 is 0 Å². The second-order valence-electron chi connectivity index (χ2n) is 9.18. The molecule has 4 heterocycles. The Kier molecular flexibility index (Phi) is 4.62. The third-order valence-electron chi connectivity index (χ3n) is 7.13. The van der Waals surface area contributed by atoms with E-state index in [0.29, 0.717) is 28.9 Å². The van der Waals surface area contributed by atoms with Crippen molar-refractivity contribution >= 4 is 5.65 Å². The van der Waals surface area contributed by atoms with Crippen LogP contribution in [-0.2, 0) is 5.41 Å². The number of aromatic amines is 1.